The molecule has 0 bridgehead atoms. The van der Waals surface area contributed by atoms with Crippen molar-refractivity contribution < 1.29 is 14.3 Å². The summed E-state index contributed by atoms with van der Waals surface area (Å²) in [5.41, 5.74) is 4.29. The van der Waals surface area contributed by atoms with Crippen LogP contribution in [0.25, 0.3) is 0 Å². The number of nitrogens with one attached hydrogen (secondary N) is 1. The van der Waals surface area contributed by atoms with Crippen molar-refractivity contribution in [2.24, 2.45) is 0 Å². The van der Waals surface area contributed by atoms with E-state index in [0.29, 0.717) is 13.1 Å². The number of hydrogen-bond donors (Lipinski definition) is 1. The number of carbonyl (C=O) groups excluding carboxylic acids is 1. The highest BCUT2D eigenvalue weighted by Crippen LogP contribution is 2.43. The fourth-order valence-corrected chi connectivity index (χ4v) is 3.73. The van der Waals surface area contributed by atoms with Gasteiger partial charge in [-0.15, -0.1) is 0 Å². The molecule has 2 aliphatic heterocycles. The van der Waals surface area contributed by atoms with E-state index in [4.69, 9.17) is 9.47 Å². The van der Waals surface area contributed by atoms with Gasteiger partial charge < -0.3 is 24.6 Å². The lowest BCUT2D eigenvalue weighted by molar-refractivity contribution is 0.174. The summed E-state index contributed by atoms with van der Waals surface area (Å²) in [6.07, 6.45) is 0.894. The Morgan fingerprint density at radius 3 is 2.63 bits per heavy atom. The highest BCUT2D eigenvalue weighted by Gasteiger charge is 2.28. The quantitative estimate of drug-likeness (QED) is 0.900. The number of nitrogens with zero attached hydrogens (tertiary/aromatic N) is 2. The van der Waals surface area contributed by atoms with Crippen molar-refractivity contribution in [3.05, 3.63) is 47.5 Å². The third-order valence-corrected chi connectivity index (χ3v) is 5.24. The Morgan fingerprint density at radius 1 is 1.07 bits per heavy atom. The molecule has 2 aliphatic rings. The molecular formula is C21H25N3O3. The van der Waals surface area contributed by atoms with Crippen LogP contribution in [0, 0.1) is 6.92 Å². The van der Waals surface area contributed by atoms with E-state index >= 15 is 0 Å². The summed E-state index contributed by atoms with van der Waals surface area (Å²) in [5.74, 6) is 1.62. The molecule has 1 N–H and O–H groups in total. The van der Waals surface area contributed by atoms with Crippen LogP contribution < -0.4 is 19.7 Å². The second kappa shape index (κ2) is 7.39. The molecule has 2 heterocycles. The lowest BCUT2D eigenvalue weighted by Gasteiger charge is -2.37. The van der Waals surface area contributed by atoms with Crippen molar-refractivity contribution in [3.63, 3.8) is 0 Å². The number of hydrogen-bond acceptors (Lipinski definition) is 4. The number of aryl methyl sites for hydroxylation is 2. The summed E-state index contributed by atoms with van der Waals surface area (Å²) in [5, 5.41) is 3.06. The second-order valence-electron chi connectivity index (χ2n) is 6.88. The molecule has 0 radical (unpaired) electrons. The molecule has 2 aromatic carbocycles. The zero-order valence-corrected chi connectivity index (χ0v) is 15.8. The van der Waals surface area contributed by atoms with E-state index in [1.54, 1.807) is 0 Å². The van der Waals surface area contributed by atoms with Crippen molar-refractivity contribution in [1.29, 1.82) is 0 Å². The molecular weight excluding hydrogens is 342 g/mol. The first-order valence-corrected chi connectivity index (χ1v) is 9.45. The van der Waals surface area contributed by atoms with Crippen LogP contribution >= 0.6 is 0 Å². The summed E-state index contributed by atoms with van der Waals surface area (Å²) in [7, 11) is 0. The molecule has 6 heteroatoms. The second-order valence-corrected chi connectivity index (χ2v) is 6.88. The number of urea groups is 1. The number of benzene rings is 2. The summed E-state index contributed by atoms with van der Waals surface area (Å²) >= 11 is 0. The Labute approximate surface area is 159 Å². The van der Waals surface area contributed by atoms with Crippen molar-refractivity contribution in [2.75, 3.05) is 43.2 Å². The number of piperazine rings is 1. The molecule has 142 valence electrons. The maximum Gasteiger partial charge on any atom is 0.321 e. The molecule has 2 amide bonds. The van der Waals surface area contributed by atoms with Gasteiger partial charge in [-0.2, -0.15) is 0 Å². The summed E-state index contributed by atoms with van der Waals surface area (Å²) in [6.45, 7) is 7.32. The van der Waals surface area contributed by atoms with Crippen molar-refractivity contribution in [2.45, 2.75) is 20.3 Å². The monoisotopic (exact) mass is 367 g/mol. The smallest absolute Gasteiger partial charge is 0.321 e. The number of rotatable bonds is 3. The number of ether oxygens (including phenoxy) is 2. The molecule has 0 unspecified atom stereocenters. The fourth-order valence-electron chi connectivity index (χ4n) is 3.73. The third-order valence-electron chi connectivity index (χ3n) is 5.24. The SMILES string of the molecule is CCc1ccccc1NC(=O)N1CCN(c2c(C)ccc3c2OCO3)CC1. The topological polar surface area (TPSA) is 54.0 Å². The number of amides is 2. The van der Waals surface area contributed by atoms with E-state index in [1.165, 1.54) is 0 Å². The molecule has 0 aromatic heterocycles. The molecule has 1 saturated heterocycles. The van der Waals surface area contributed by atoms with Gasteiger partial charge in [-0.05, 0) is 36.6 Å². The van der Waals surface area contributed by atoms with E-state index in [0.717, 1.165) is 53.5 Å². The van der Waals surface area contributed by atoms with Crippen LogP contribution in [0.2, 0.25) is 0 Å². The van der Waals surface area contributed by atoms with Gasteiger partial charge in [0.2, 0.25) is 6.79 Å². The van der Waals surface area contributed by atoms with Gasteiger partial charge in [0.15, 0.2) is 11.5 Å². The summed E-state index contributed by atoms with van der Waals surface area (Å²) < 4.78 is 11.2. The minimum Gasteiger partial charge on any atom is -0.454 e. The number of para-hydroxylation sites is 1. The van der Waals surface area contributed by atoms with Gasteiger partial charge in [0, 0.05) is 31.9 Å². The molecule has 4 rings (SSSR count). The molecule has 0 spiro atoms. The average Bonchev–Trinajstić information content (AvgIpc) is 3.17. The van der Waals surface area contributed by atoms with Gasteiger partial charge >= 0.3 is 6.03 Å². The molecule has 2 aromatic rings. The van der Waals surface area contributed by atoms with Gasteiger partial charge in [-0.1, -0.05) is 31.2 Å². The Hall–Kier alpha value is -2.89. The first-order chi connectivity index (χ1) is 13.2. The lowest BCUT2D eigenvalue weighted by atomic mass is 10.1. The summed E-state index contributed by atoms with van der Waals surface area (Å²) in [6, 6.07) is 11.9. The van der Waals surface area contributed by atoms with Gasteiger partial charge in [-0.3, -0.25) is 0 Å². The zero-order chi connectivity index (χ0) is 18.8. The molecule has 0 aliphatic carbocycles. The predicted molar refractivity (Wildman–Crippen MR) is 106 cm³/mol. The first kappa shape index (κ1) is 17.5. The molecule has 27 heavy (non-hydrogen) atoms. The van der Waals surface area contributed by atoms with E-state index in [-0.39, 0.29) is 12.8 Å². The van der Waals surface area contributed by atoms with Crippen LogP contribution in [0.3, 0.4) is 0 Å². The van der Waals surface area contributed by atoms with E-state index in [2.05, 4.69) is 30.1 Å². The number of fused-ring (bicyclic) bond motifs is 1. The van der Waals surface area contributed by atoms with Crippen molar-refractivity contribution in [1.82, 2.24) is 4.90 Å². The minimum absolute atomic E-state index is 0.0369. The average molecular weight is 367 g/mol. The summed E-state index contributed by atoms with van der Waals surface area (Å²) in [4.78, 5) is 16.8. The molecule has 6 nitrogen and oxygen atoms in total. The maximum absolute atomic E-state index is 12.7. The van der Waals surface area contributed by atoms with Crippen LogP contribution in [-0.2, 0) is 6.42 Å². The van der Waals surface area contributed by atoms with E-state index in [1.807, 2.05) is 35.2 Å². The Bertz CT molecular complexity index is 845. The Kier molecular flexibility index (Phi) is 4.79. The molecule has 0 atom stereocenters. The van der Waals surface area contributed by atoms with Crippen LogP contribution in [-0.4, -0.2) is 43.9 Å². The molecule has 1 fully saturated rings. The van der Waals surface area contributed by atoms with Gasteiger partial charge in [-0.25, -0.2) is 4.79 Å². The standard InChI is InChI=1S/C21H25N3O3/c1-3-16-6-4-5-7-17(16)22-21(25)24-12-10-23(11-13-24)19-15(2)8-9-18-20(19)27-14-26-18/h4-9H,3,10-14H2,1-2H3,(H,22,25). The van der Waals surface area contributed by atoms with E-state index < -0.39 is 0 Å². The zero-order valence-electron chi connectivity index (χ0n) is 15.8. The first-order valence-electron chi connectivity index (χ1n) is 9.45. The van der Waals surface area contributed by atoms with Gasteiger partial charge in [0.25, 0.3) is 0 Å². The van der Waals surface area contributed by atoms with Crippen molar-refractivity contribution in [3.8, 4) is 11.5 Å². The predicted octanol–water partition coefficient (Wildman–Crippen LogP) is 3.64. The highest BCUT2D eigenvalue weighted by molar-refractivity contribution is 5.90. The molecule has 0 saturated carbocycles. The van der Waals surface area contributed by atoms with Gasteiger partial charge in [0.1, 0.15) is 0 Å². The fraction of sp³-hybridized carbons (Fsp3) is 0.381. The van der Waals surface area contributed by atoms with E-state index in [9.17, 15) is 4.79 Å². The van der Waals surface area contributed by atoms with Gasteiger partial charge in [0.05, 0.1) is 5.69 Å². The van der Waals surface area contributed by atoms with Crippen LogP contribution in [0.15, 0.2) is 36.4 Å². The Morgan fingerprint density at radius 2 is 1.85 bits per heavy atom. The largest absolute Gasteiger partial charge is 0.454 e. The lowest BCUT2D eigenvalue weighted by Crippen LogP contribution is -2.50. The Balaban J connectivity index is 1.42. The van der Waals surface area contributed by atoms with Crippen molar-refractivity contribution >= 4 is 17.4 Å². The minimum atomic E-state index is -0.0369. The van der Waals surface area contributed by atoms with Crippen LogP contribution in [0.1, 0.15) is 18.1 Å². The van der Waals surface area contributed by atoms with Crippen LogP contribution in [0.5, 0.6) is 11.5 Å². The maximum atomic E-state index is 12.7. The highest BCUT2D eigenvalue weighted by atomic mass is 16.7. The number of anilines is 2. The number of carbonyl (C=O) groups is 1. The normalized spacial score (nSPS) is 15.8. The third kappa shape index (κ3) is 3.39. The van der Waals surface area contributed by atoms with Crippen LogP contribution in [0.4, 0.5) is 16.2 Å².